The van der Waals surface area contributed by atoms with E-state index in [4.69, 9.17) is 11.6 Å². The highest BCUT2D eigenvalue weighted by atomic mass is 35.5. The number of carbonyl (C=O) groups excluding carboxylic acids is 3. The monoisotopic (exact) mass is 349 g/mol. The van der Waals surface area contributed by atoms with Crippen molar-refractivity contribution >= 4 is 29.3 Å². The molecule has 2 saturated heterocycles. The Labute approximate surface area is 145 Å². The molecule has 1 aromatic rings. The Morgan fingerprint density at radius 1 is 1.12 bits per heavy atom. The lowest BCUT2D eigenvalue weighted by Crippen LogP contribution is -2.51. The van der Waals surface area contributed by atoms with Crippen LogP contribution in [0.2, 0.25) is 5.02 Å². The molecular weight excluding hydrogens is 330 g/mol. The highest BCUT2D eigenvalue weighted by molar-refractivity contribution is 6.30. The van der Waals surface area contributed by atoms with E-state index in [-0.39, 0.29) is 29.8 Å². The molecule has 2 fully saturated rings. The van der Waals surface area contributed by atoms with Crippen LogP contribution in [0.25, 0.3) is 0 Å². The van der Waals surface area contributed by atoms with Crippen LogP contribution in [0, 0.1) is 0 Å². The first kappa shape index (κ1) is 16.8. The molecule has 1 aromatic carbocycles. The molecule has 6 nitrogen and oxygen atoms in total. The van der Waals surface area contributed by atoms with Gasteiger partial charge in [0.2, 0.25) is 11.8 Å². The van der Waals surface area contributed by atoms with Gasteiger partial charge in [-0.2, -0.15) is 0 Å². The zero-order valence-corrected chi connectivity index (χ0v) is 14.0. The second kappa shape index (κ2) is 7.21. The Morgan fingerprint density at radius 2 is 1.79 bits per heavy atom. The zero-order valence-electron chi connectivity index (χ0n) is 13.3. The molecule has 2 aliphatic rings. The number of hydrogen-bond acceptors (Lipinski definition) is 3. The van der Waals surface area contributed by atoms with E-state index in [1.165, 1.54) is 0 Å². The van der Waals surface area contributed by atoms with Crippen LogP contribution in [0.4, 0.5) is 0 Å². The van der Waals surface area contributed by atoms with Crippen LogP contribution in [0.15, 0.2) is 24.3 Å². The average Bonchev–Trinajstić information content (AvgIpc) is 3.02. The van der Waals surface area contributed by atoms with Crippen molar-refractivity contribution < 1.29 is 14.4 Å². The topological polar surface area (TPSA) is 78.5 Å². The van der Waals surface area contributed by atoms with E-state index in [1.54, 1.807) is 29.2 Å². The standard InChI is InChI=1S/C17H20ClN3O3/c18-12-3-1-11(2-4-12)16(23)19-13-7-9-21(10-8-13)17(24)14-5-6-15(22)20-14/h1-4,13-14H,5-10H2,(H,19,23)(H,20,22). The minimum absolute atomic E-state index is 0.0108. The second-order valence-corrected chi connectivity index (χ2v) is 6.68. The lowest BCUT2D eigenvalue weighted by Gasteiger charge is -2.33. The second-order valence-electron chi connectivity index (χ2n) is 6.24. The maximum Gasteiger partial charge on any atom is 0.251 e. The molecule has 128 valence electrons. The van der Waals surface area contributed by atoms with E-state index in [2.05, 4.69) is 10.6 Å². The maximum atomic E-state index is 12.3. The van der Waals surface area contributed by atoms with Gasteiger partial charge in [0.05, 0.1) is 0 Å². The molecule has 3 amide bonds. The third kappa shape index (κ3) is 3.87. The van der Waals surface area contributed by atoms with Crippen LogP contribution >= 0.6 is 11.6 Å². The van der Waals surface area contributed by atoms with Crippen LogP contribution in [-0.2, 0) is 9.59 Å². The summed E-state index contributed by atoms with van der Waals surface area (Å²) in [5.41, 5.74) is 0.576. The van der Waals surface area contributed by atoms with Crippen molar-refractivity contribution in [1.82, 2.24) is 15.5 Å². The molecule has 0 aromatic heterocycles. The third-order valence-electron chi connectivity index (χ3n) is 4.54. The van der Waals surface area contributed by atoms with Gasteiger partial charge in [-0.05, 0) is 43.5 Å². The summed E-state index contributed by atoms with van der Waals surface area (Å²) in [6.45, 7) is 1.19. The zero-order chi connectivity index (χ0) is 17.1. The summed E-state index contributed by atoms with van der Waals surface area (Å²) in [4.78, 5) is 37.6. The summed E-state index contributed by atoms with van der Waals surface area (Å²) in [6.07, 6.45) is 2.42. The first-order chi connectivity index (χ1) is 11.5. The number of likely N-dealkylation sites (tertiary alicyclic amines) is 1. The summed E-state index contributed by atoms with van der Waals surface area (Å²) in [5.74, 6) is -0.193. The van der Waals surface area contributed by atoms with E-state index in [0.717, 1.165) is 0 Å². The van der Waals surface area contributed by atoms with Gasteiger partial charge in [0.15, 0.2) is 0 Å². The molecule has 2 aliphatic heterocycles. The SMILES string of the molecule is O=C1CCC(C(=O)N2CCC(NC(=O)c3ccc(Cl)cc3)CC2)N1. The van der Waals surface area contributed by atoms with E-state index in [1.807, 2.05) is 0 Å². The lowest BCUT2D eigenvalue weighted by molar-refractivity contribution is -0.135. The molecule has 0 spiro atoms. The number of nitrogens with zero attached hydrogens (tertiary/aromatic N) is 1. The Hall–Kier alpha value is -2.08. The number of rotatable bonds is 3. The number of nitrogens with one attached hydrogen (secondary N) is 2. The fraction of sp³-hybridized carbons (Fsp3) is 0.471. The minimum atomic E-state index is -0.377. The van der Waals surface area contributed by atoms with Crippen LogP contribution in [-0.4, -0.2) is 47.8 Å². The van der Waals surface area contributed by atoms with Crippen molar-refractivity contribution in [2.75, 3.05) is 13.1 Å². The van der Waals surface area contributed by atoms with Crippen LogP contribution in [0.3, 0.4) is 0 Å². The highest BCUT2D eigenvalue weighted by Gasteiger charge is 2.32. The number of benzene rings is 1. The largest absolute Gasteiger partial charge is 0.349 e. The van der Waals surface area contributed by atoms with Gasteiger partial charge in [-0.15, -0.1) is 0 Å². The predicted octanol–water partition coefficient (Wildman–Crippen LogP) is 1.34. The summed E-state index contributed by atoms with van der Waals surface area (Å²) in [7, 11) is 0. The van der Waals surface area contributed by atoms with E-state index in [0.29, 0.717) is 49.4 Å². The van der Waals surface area contributed by atoms with Gasteiger partial charge in [0.25, 0.3) is 5.91 Å². The summed E-state index contributed by atoms with van der Waals surface area (Å²) in [6, 6.07) is 6.44. The molecule has 0 saturated carbocycles. The van der Waals surface area contributed by atoms with Crippen molar-refractivity contribution in [3.63, 3.8) is 0 Å². The van der Waals surface area contributed by atoms with Crippen molar-refractivity contribution in [2.24, 2.45) is 0 Å². The third-order valence-corrected chi connectivity index (χ3v) is 4.79. The smallest absolute Gasteiger partial charge is 0.251 e. The number of amides is 3. The molecule has 0 radical (unpaired) electrons. The van der Waals surface area contributed by atoms with Gasteiger partial charge < -0.3 is 15.5 Å². The molecule has 0 bridgehead atoms. The summed E-state index contributed by atoms with van der Waals surface area (Å²) in [5, 5.41) is 6.31. The Balaban J connectivity index is 1.48. The summed E-state index contributed by atoms with van der Waals surface area (Å²) < 4.78 is 0. The Kier molecular flexibility index (Phi) is 5.04. The van der Waals surface area contributed by atoms with Gasteiger partial charge in [-0.25, -0.2) is 0 Å². The van der Waals surface area contributed by atoms with Gasteiger partial charge in [-0.3, -0.25) is 14.4 Å². The Morgan fingerprint density at radius 3 is 2.38 bits per heavy atom. The van der Waals surface area contributed by atoms with Gasteiger partial charge in [0.1, 0.15) is 6.04 Å². The fourth-order valence-electron chi connectivity index (χ4n) is 3.13. The number of carbonyl (C=O) groups is 3. The number of hydrogen-bond donors (Lipinski definition) is 2. The summed E-state index contributed by atoms with van der Waals surface area (Å²) >= 11 is 5.82. The molecule has 1 atom stereocenters. The molecule has 24 heavy (non-hydrogen) atoms. The predicted molar refractivity (Wildman–Crippen MR) is 89.7 cm³/mol. The highest BCUT2D eigenvalue weighted by Crippen LogP contribution is 2.16. The molecule has 0 aliphatic carbocycles. The fourth-order valence-corrected chi connectivity index (χ4v) is 3.26. The molecule has 1 unspecified atom stereocenters. The van der Waals surface area contributed by atoms with Gasteiger partial charge in [-0.1, -0.05) is 11.6 Å². The van der Waals surface area contributed by atoms with Crippen LogP contribution in [0.5, 0.6) is 0 Å². The molecular formula is C17H20ClN3O3. The normalized spacial score (nSPS) is 21.5. The van der Waals surface area contributed by atoms with E-state index >= 15 is 0 Å². The molecule has 2 heterocycles. The Bertz CT molecular complexity index is 639. The first-order valence-electron chi connectivity index (χ1n) is 8.17. The average molecular weight is 350 g/mol. The van der Waals surface area contributed by atoms with E-state index in [9.17, 15) is 14.4 Å². The van der Waals surface area contributed by atoms with Crippen LogP contribution in [0.1, 0.15) is 36.0 Å². The van der Waals surface area contributed by atoms with Crippen molar-refractivity contribution in [1.29, 1.82) is 0 Å². The maximum absolute atomic E-state index is 12.3. The minimum Gasteiger partial charge on any atom is -0.349 e. The van der Waals surface area contributed by atoms with Crippen molar-refractivity contribution in [3.8, 4) is 0 Å². The van der Waals surface area contributed by atoms with Crippen molar-refractivity contribution in [2.45, 2.75) is 37.8 Å². The lowest BCUT2D eigenvalue weighted by atomic mass is 10.0. The van der Waals surface area contributed by atoms with Crippen molar-refractivity contribution in [3.05, 3.63) is 34.9 Å². The first-order valence-corrected chi connectivity index (χ1v) is 8.55. The number of halogens is 1. The molecule has 7 heteroatoms. The molecule has 2 N–H and O–H groups in total. The van der Waals surface area contributed by atoms with Gasteiger partial charge in [0, 0.05) is 36.1 Å². The quantitative estimate of drug-likeness (QED) is 0.864. The number of piperidine rings is 1. The van der Waals surface area contributed by atoms with Gasteiger partial charge >= 0.3 is 0 Å². The molecule has 3 rings (SSSR count). The van der Waals surface area contributed by atoms with Crippen LogP contribution < -0.4 is 10.6 Å². The van der Waals surface area contributed by atoms with E-state index < -0.39 is 0 Å².